The average molecular weight is 497 g/mol. The molecule has 0 saturated heterocycles. The number of primary amides is 1. The molecule has 9 nitrogen and oxygen atoms in total. The number of ether oxygens (including phenoxy) is 1. The largest absolute Gasteiger partial charge is 0.495 e. The Bertz CT molecular complexity index is 1270. The molecular formula is C25H26F2N6O3. The maximum Gasteiger partial charge on any atom is 0.342 e. The molecule has 0 unspecified atom stereocenters. The highest BCUT2D eigenvalue weighted by Gasteiger charge is 2.47. The van der Waals surface area contributed by atoms with E-state index in [1.54, 1.807) is 6.07 Å². The molecule has 188 valence electrons. The molecule has 0 spiro atoms. The van der Waals surface area contributed by atoms with Crippen LogP contribution in [0.25, 0.3) is 0 Å². The lowest BCUT2D eigenvalue weighted by Gasteiger charge is -2.25. The molecule has 0 saturated carbocycles. The molecule has 3 aromatic rings. The van der Waals surface area contributed by atoms with Gasteiger partial charge < -0.3 is 25.6 Å². The topological polar surface area (TPSA) is 114 Å². The van der Waals surface area contributed by atoms with Gasteiger partial charge in [0.05, 0.1) is 25.5 Å². The SMILES string of the molecule is COc1cc(C(N)=O)ccc1Nc1ncc2c(n1)N(CCCc1ccccc1)CC(F)(F)C(=O)N2C. The molecular weight excluding hydrogens is 470 g/mol. The van der Waals surface area contributed by atoms with E-state index in [9.17, 15) is 18.4 Å². The fourth-order valence-electron chi connectivity index (χ4n) is 4.00. The number of nitrogens with zero attached hydrogens (tertiary/aromatic N) is 4. The summed E-state index contributed by atoms with van der Waals surface area (Å²) in [6.07, 6.45) is 2.59. The highest BCUT2D eigenvalue weighted by Crippen LogP contribution is 2.36. The first-order valence-electron chi connectivity index (χ1n) is 11.3. The highest BCUT2D eigenvalue weighted by molar-refractivity contribution is 6.02. The lowest BCUT2D eigenvalue weighted by molar-refractivity contribution is -0.140. The molecule has 1 aromatic heterocycles. The van der Waals surface area contributed by atoms with Crippen LogP contribution in [0.1, 0.15) is 22.3 Å². The molecule has 2 aromatic carbocycles. The van der Waals surface area contributed by atoms with Gasteiger partial charge in [-0.05, 0) is 36.6 Å². The average Bonchev–Trinajstić information content (AvgIpc) is 2.93. The molecule has 1 aliphatic heterocycles. The van der Waals surface area contributed by atoms with E-state index in [1.807, 2.05) is 30.3 Å². The summed E-state index contributed by atoms with van der Waals surface area (Å²) in [5.41, 5.74) is 7.30. The van der Waals surface area contributed by atoms with Crippen LogP contribution in [0.2, 0.25) is 0 Å². The summed E-state index contributed by atoms with van der Waals surface area (Å²) < 4.78 is 34.9. The number of halogens is 2. The van der Waals surface area contributed by atoms with Crippen molar-refractivity contribution in [2.75, 3.05) is 42.4 Å². The second-order valence-electron chi connectivity index (χ2n) is 8.39. The van der Waals surface area contributed by atoms with E-state index in [2.05, 4.69) is 15.3 Å². The number of amides is 2. The molecule has 4 rings (SSSR count). The Morgan fingerprint density at radius 3 is 2.67 bits per heavy atom. The fourth-order valence-corrected chi connectivity index (χ4v) is 4.00. The predicted octanol–water partition coefficient (Wildman–Crippen LogP) is 3.38. The summed E-state index contributed by atoms with van der Waals surface area (Å²) in [5, 5.41) is 2.99. The van der Waals surface area contributed by atoms with Crippen LogP contribution in [0.5, 0.6) is 5.75 Å². The van der Waals surface area contributed by atoms with Gasteiger partial charge in [0, 0.05) is 19.2 Å². The summed E-state index contributed by atoms with van der Waals surface area (Å²) >= 11 is 0. The van der Waals surface area contributed by atoms with Crippen LogP contribution in [0.15, 0.2) is 54.7 Å². The van der Waals surface area contributed by atoms with Crippen LogP contribution in [0.4, 0.5) is 31.9 Å². The van der Waals surface area contributed by atoms with Gasteiger partial charge in [-0.3, -0.25) is 9.59 Å². The number of carbonyl (C=O) groups excluding carboxylic acids is 2. The van der Waals surface area contributed by atoms with Crippen molar-refractivity contribution in [2.45, 2.75) is 18.8 Å². The first-order valence-corrected chi connectivity index (χ1v) is 11.3. The molecule has 36 heavy (non-hydrogen) atoms. The van der Waals surface area contributed by atoms with Gasteiger partial charge in [0.25, 0.3) is 5.91 Å². The van der Waals surface area contributed by atoms with Crippen LogP contribution in [-0.4, -0.2) is 55.0 Å². The van der Waals surface area contributed by atoms with Crippen molar-refractivity contribution in [2.24, 2.45) is 5.73 Å². The first kappa shape index (κ1) is 24.8. The third-order valence-corrected chi connectivity index (χ3v) is 5.89. The number of methoxy groups -OCH3 is 1. The number of alkyl halides is 2. The van der Waals surface area contributed by atoms with E-state index >= 15 is 0 Å². The predicted molar refractivity (Wildman–Crippen MR) is 132 cm³/mol. The number of nitrogens with two attached hydrogens (primary N) is 1. The maximum atomic E-state index is 14.8. The van der Waals surface area contributed by atoms with Crippen molar-refractivity contribution in [1.82, 2.24) is 9.97 Å². The minimum Gasteiger partial charge on any atom is -0.495 e. The number of hydrogen-bond donors (Lipinski definition) is 2. The number of nitrogens with one attached hydrogen (secondary N) is 1. The number of anilines is 4. The van der Waals surface area contributed by atoms with Gasteiger partial charge >= 0.3 is 5.92 Å². The van der Waals surface area contributed by atoms with Gasteiger partial charge in [-0.1, -0.05) is 30.3 Å². The van der Waals surface area contributed by atoms with Crippen molar-refractivity contribution in [3.63, 3.8) is 0 Å². The van der Waals surface area contributed by atoms with Crippen molar-refractivity contribution in [3.05, 3.63) is 65.9 Å². The van der Waals surface area contributed by atoms with E-state index < -0.39 is 24.3 Å². The normalized spacial score (nSPS) is 14.7. The molecule has 0 radical (unpaired) electrons. The van der Waals surface area contributed by atoms with Crippen LogP contribution in [0.3, 0.4) is 0 Å². The Labute approximate surface area is 206 Å². The summed E-state index contributed by atoms with van der Waals surface area (Å²) in [7, 11) is 2.71. The molecule has 2 heterocycles. The molecule has 3 N–H and O–H groups in total. The van der Waals surface area contributed by atoms with Crippen LogP contribution < -0.4 is 25.6 Å². The summed E-state index contributed by atoms with van der Waals surface area (Å²) in [6, 6.07) is 14.3. The van der Waals surface area contributed by atoms with Crippen molar-refractivity contribution < 1.29 is 23.1 Å². The highest BCUT2D eigenvalue weighted by atomic mass is 19.3. The number of fused-ring (bicyclic) bond motifs is 1. The Kier molecular flexibility index (Phi) is 7.00. The lowest BCUT2D eigenvalue weighted by atomic mass is 10.1. The standard InChI is InChI=1S/C25H26F2N6O3/c1-32-19-14-29-24(30-18-11-10-17(21(28)34)13-20(18)36-2)31-22(19)33(15-25(26,27)23(32)35)12-6-9-16-7-4-3-5-8-16/h3-5,7-8,10-11,13-14H,6,9,12,15H2,1-2H3,(H2,28,34)(H,29,30,31). The summed E-state index contributed by atoms with van der Waals surface area (Å²) in [6.45, 7) is -0.545. The molecule has 0 fully saturated rings. The number of benzene rings is 2. The van der Waals surface area contributed by atoms with E-state index in [0.29, 0.717) is 24.3 Å². The molecule has 1 aliphatic rings. The second-order valence-corrected chi connectivity index (χ2v) is 8.39. The number of hydrogen-bond acceptors (Lipinski definition) is 7. The maximum absolute atomic E-state index is 14.8. The lowest BCUT2D eigenvalue weighted by Crippen LogP contribution is -2.46. The minimum atomic E-state index is -3.59. The van der Waals surface area contributed by atoms with Gasteiger partial charge in [-0.15, -0.1) is 0 Å². The summed E-state index contributed by atoms with van der Waals surface area (Å²) in [5.74, 6) is -4.88. The number of rotatable bonds is 8. The molecule has 2 amide bonds. The van der Waals surface area contributed by atoms with Crippen molar-refractivity contribution >= 4 is 35.0 Å². The van der Waals surface area contributed by atoms with Gasteiger partial charge in [0.1, 0.15) is 11.4 Å². The third kappa shape index (κ3) is 5.19. The van der Waals surface area contributed by atoms with E-state index in [4.69, 9.17) is 10.5 Å². The van der Waals surface area contributed by atoms with Crippen molar-refractivity contribution in [3.8, 4) is 5.75 Å². The minimum absolute atomic E-state index is 0.109. The van der Waals surface area contributed by atoms with Gasteiger partial charge in [0.15, 0.2) is 5.82 Å². The Balaban J connectivity index is 1.64. The van der Waals surface area contributed by atoms with Gasteiger partial charge in [-0.2, -0.15) is 13.8 Å². The molecule has 11 heteroatoms. The van der Waals surface area contributed by atoms with E-state index in [0.717, 1.165) is 10.5 Å². The molecule has 0 bridgehead atoms. The van der Waals surface area contributed by atoms with Gasteiger partial charge in [-0.25, -0.2) is 4.98 Å². The van der Waals surface area contributed by atoms with Crippen LogP contribution in [-0.2, 0) is 11.2 Å². The van der Waals surface area contributed by atoms with Crippen LogP contribution in [0, 0.1) is 0 Å². The van der Waals surface area contributed by atoms with Crippen molar-refractivity contribution in [1.29, 1.82) is 0 Å². The molecule has 0 aliphatic carbocycles. The Morgan fingerprint density at radius 2 is 1.97 bits per heavy atom. The third-order valence-electron chi connectivity index (χ3n) is 5.89. The Morgan fingerprint density at radius 1 is 1.22 bits per heavy atom. The summed E-state index contributed by atoms with van der Waals surface area (Å²) in [4.78, 5) is 34.9. The zero-order chi connectivity index (χ0) is 25.9. The van der Waals surface area contributed by atoms with E-state index in [-0.39, 0.29) is 29.6 Å². The monoisotopic (exact) mass is 496 g/mol. The zero-order valence-corrected chi connectivity index (χ0v) is 19.9. The van der Waals surface area contributed by atoms with E-state index in [1.165, 1.54) is 37.4 Å². The first-order chi connectivity index (χ1) is 17.2. The number of aryl methyl sites for hydroxylation is 1. The quantitative estimate of drug-likeness (QED) is 0.492. The van der Waals surface area contributed by atoms with Crippen LogP contribution >= 0.6 is 0 Å². The number of carbonyl (C=O) groups is 2. The molecule has 0 atom stereocenters. The van der Waals surface area contributed by atoms with Gasteiger partial charge in [0.2, 0.25) is 11.9 Å². The fraction of sp³-hybridized carbons (Fsp3) is 0.280. The number of aromatic nitrogens is 2. The smallest absolute Gasteiger partial charge is 0.342 e. The zero-order valence-electron chi connectivity index (χ0n) is 19.9. The second kappa shape index (κ2) is 10.1. The Hall–Kier alpha value is -4.28.